The zero-order valence-corrected chi connectivity index (χ0v) is 23.7. The van der Waals surface area contributed by atoms with E-state index in [0.717, 1.165) is 18.4 Å². The van der Waals surface area contributed by atoms with Crippen molar-refractivity contribution in [3.63, 3.8) is 0 Å². The van der Waals surface area contributed by atoms with E-state index in [0.29, 0.717) is 10.8 Å². The number of carbonyl (C=O) groups excluding carboxylic acids is 1. The van der Waals surface area contributed by atoms with Crippen LogP contribution < -0.4 is 15.8 Å². The Hall–Kier alpha value is -2.90. The number of aryl methyl sites for hydroxylation is 1. The van der Waals surface area contributed by atoms with Gasteiger partial charge in [-0.2, -0.15) is 9.15 Å². The van der Waals surface area contributed by atoms with E-state index in [4.69, 9.17) is 30.1 Å². The number of hydrogen-bond donors (Lipinski definition) is 2. The molecule has 0 bridgehead atoms. The number of hydrogen-bond acceptors (Lipinski definition) is 9. The van der Waals surface area contributed by atoms with Crippen LogP contribution in [0.15, 0.2) is 44.8 Å². The van der Waals surface area contributed by atoms with Crippen LogP contribution in [0, 0.1) is 5.82 Å². The number of aromatic amines is 1. The molecule has 220 valence electrons. The number of halogens is 3. The fraction of sp³-hybridized carbons (Fsp3) is 0.500. The molecule has 5 atom stereocenters. The molecule has 2 heterocycles. The number of carbonyl (C=O) groups is 1. The van der Waals surface area contributed by atoms with E-state index in [1.54, 1.807) is 31.0 Å². The van der Waals surface area contributed by atoms with Crippen LogP contribution in [0.5, 0.6) is 5.75 Å². The van der Waals surface area contributed by atoms with Crippen LogP contribution in [-0.2, 0) is 29.8 Å². The molecule has 12 nitrogen and oxygen atoms in total. The fourth-order valence-corrected chi connectivity index (χ4v) is 5.27. The summed E-state index contributed by atoms with van der Waals surface area (Å²) in [7, 11) is -4.61. The van der Waals surface area contributed by atoms with Crippen molar-refractivity contribution >= 4 is 31.0 Å². The SMILES string of the molecule is CCCc1ccc(OP(=O)(N=C(C)C(=O)OC(C)C)OCC2OC(n3cc(F)c(=O)[nH]c3=O)C(F)(Cl)C2O)cc1. The molecular formula is C24H29ClF2N3O9P. The van der Waals surface area contributed by atoms with Crippen LogP contribution in [-0.4, -0.2) is 56.4 Å². The average molecular weight is 608 g/mol. The summed E-state index contributed by atoms with van der Waals surface area (Å²) in [4.78, 5) is 37.4. The minimum atomic E-state index is -4.61. The number of aromatic nitrogens is 2. The van der Waals surface area contributed by atoms with Crippen LogP contribution >= 0.6 is 19.3 Å². The topological polar surface area (TPSA) is 159 Å². The molecule has 1 saturated heterocycles. The highest BCUT2D eigenvalue weighted by molar-refractivity contribution is 7.53. The minimum Gasteiger partial charge on any atom is -0.458 e. The van der Waals surface area contributed by atoms with E-state index in [9.17, 15) is 28.4 Å². The van der Waals surface area contributed by atoms with Crippen LogP contribution in [0.1, 0.15) is 45.9 Å². The summed E-state index contributed by atoms with van der Waals surface area (Å²) in [5.74, 6) is -2.28. The summed E-state index contributed by atoms with van der Waals surface area (Å²) in [5.41, 5.74) is -2.01. The van der Waals surface area contributed by atoms with E-state index in [1.165, 1.54) is 19.1 Å². The van der Waals surface area contributed by atoms with E-state index in [-0.39, 0.29) is 11.5 Å². The molecule has 1 aromatic heterocycles. The summed E-state index contributed by atoms with van der Waals surface area (Å²) >= 11 is 5.81. The van der Waals surface area contributed by atoms with Gasteiger partial charge in [-0.1, -0.05) is 37.1 Å². The predicted molar refractivity (Wildman–Crippen MR) is 140 cm³/mol. The number of esters is 1. The Morgan fingerprint density at radius 2 is 1.98 bits per heavy atom. The second-order valence-corrected chi connectivity index (χ2v) is 11.3. The highest BCUT2D eigenvalue weighted by Gasteiger charge is 2.58. The quantitative estimate of drug-likeness (QED) is 0.169. The molecule has 5 unspecified atom stereocenters. The van der Waals surface area contributed by atoms with Crippen molar-refractivity contribution in [3.05, 3.63) is 62.7 Å². The lowest BCUT2D eigenvalue weighted by atomic mass is 10.1. The lowest BCUT2D eigenvalue weighted by Gasteiger charge is -2.22. The van der Waals surface area contributed by atoms with Crippen molar-refractivity contribution in [2.45, 2.75) is 70.2 Å². The molecule has 2 aromatic rings. The molecule has 0 amide bonds. The first-order valence-corrected chi connectivity index (χ1v) is 14.1. The third-order valence-corrected chi connectivity index (χ3v) is 7.42. The summed E-state index contributed by atoms with van der Waals surface area (Å²) in [6, 6.07) is 6.48. The van der Waals surface area contributed by atoms with Gasteiger partial charge in [0.05, 0.1) is 18.9 Å². The Balaban J connectivity index is 1.88. The molecule has 1 aromatic carbocycles. The summed E-state index contributed by atoms with van der Waals surface area (Å²) < 4.78 is 68.1. The Morgan fingerprint density at radius 1 is 1.32 bits per heavy atom. The number of nitrogens with one attached hydrogen (secondary N) is 1. The zero-order chi connectivity index (χ0) is 29.8. The Labute approximate surface area is 232 Å². The molecule has 40 heavy (non-hydrogen) atoms. The molecule has 0 radical (unpaired) electrons. The van der Waals surface area contributed by atoms with Crippen molar-refractivity contribution in [3.8, 4) is 5.75 Å². The van der Waals surface area contributed by atoms with E-state index < -0.39 is 67.1 Å². The number of aliphatic hydroxyl groups excluding tert-OH is 1. The van der Waals surface area contributed by atoms with Crippen molar-refractivity contribution in [2.75, 3.05) is 6.61 Å². The van der Waals surface area contributed by atoms with Gasteiger partial charge in [-0.25, -0.2) is 18.5 Å². The van der Waals surface area contributed by atoms with E-state index in [1.807, 2.05) is 6.92 Å². The maximum atomic E-state index is 15.3. The summed E-state index contributed by atoms with van der Waals surface area (Å²) in [6.07, 6.45) is -4.46. The van der Waals surface area contributed by atoms with Gasteiger partial charge in [0, 0.05) is 0 Å². The number of aliphatic hydroxyl groups is 1. The highest BCUT2D eigenvalue weighted by Crippen LogP contribution is 2.52. The molecule has 16 heteroatoms. The van der Waals surface area contributed by atoms with Gasteiger partial charge in [-0.05, 0) is 44.9 Å². The van der Waals surface area contributed by atoms with Gasteiger partial charge in [0.25, 0.3) is 10.7 Å². The summed E-state index contributed by atoms with van der Waals surface area (Å²) in [5, 5.41) is 7.26. The monoisotopic (exact) mass is 607 g/mol. The Bertz CT molecular complexity index is 1410. The van der Waals surface area contributed by atoms with Crippen molar-refractivity contribution in [1.82, 2.24) is 9.55 Å². The van der Waals surface area contributed by atoms with Crippen LogP contribution in [0.4, 0.5) is 8.78 Å². The van der Waals surface area contributed by atoms with Gasteiger partial charge in [-0.15, -0.1) is 0 Å². The van der Waals surface area contributed by atoms with Gasteiger partial charge in [0.15, 0.2) is 6.23 Å². The Morgan fingerprint density at radius 3 is 2.58 bits per heavy atom. The van der Waals surface area contributed by atoms with Crippen molar-refractivity contribution in [1.29, 1.82) is 0 Å². The van der Waals surface area contributed by atoms with Gasteiger partial charge in [0.1, 0.15) is 23.7 Å². The molecule has 0 spiro atoms. The maximum absolute atomic E-state index is 15.3. The zero-order valence-electron chi connectivity index (χ0n) is 22.0. The number of H-pyrrole nitrogens is 1. The van der Waals surface area contributed by atoms with Gasteiger partial charge < -0.3 is 19.1 Å². The van der Waals surface area contributed by atoms with E-state index in [2.05, 4.69) is 4.76 Å². The standard InChI is InChI=1S/C24H29ClF2N3O9P/c1-5-6-15-7-9-16(10-8-15)39-40(35,29-14(4)21(33)37-13(2)3)36-12-18-19(31)24(25,27)22(38-18)30-11-17(26)20(32)28-23(30)34/h7-11,13,18-19,22,31H,5-6,12H2,1-4H3,(H,28,32,34). The first-order valence-electron chi connectivity index (χ1n) is 12.2. The van der Waals surface area contributed by atoms with Crippen molar-refractivity contribution in [2.24, 2.45) is 4.76 Å². The molecule has 1 aliphatic heterocycles. The number of rotatable bonds is 11. The first kappa shape index (κ1) is 31.6. The third kappa shape index (κ3) is 7.43. The summed E-state index contributed by atoms with van der Waals surface area (Å²) in [6.45, 7) is 5.55. The maximum Gasteiger partial charge on any atom is 0.508 e. The molecular weight excluding hydrogens is 579 g/mol. The van der Waals surface area contributed by atoms with Gasteiger partial charge in [-0.3, -0.25) is 18.9 Å². The molecule has 0 saturated carbocycles. The number of nitrogens with zero attached hydrogens (tertiary/aromatic N) is 2. The number of ether oxygens (including phenoxy) is 2. The van der Waals surface area contributed by atoms with Crippen LogP contribution in [0.3, 0.4) is 0 Å². The minimum absolute atomic E-state index is 0.0650. The average Bonchev–Trinajstić information content (AvgIpc) is 3.09. The second-order valence-electron chi connectivity index (χ2n) is 9.18. The van der Waals surface area contributed by atoms with E-state index >= 15 is 4.39 Å². The number of alkyl halides is 2. The fourth-order valence-electron chi connectivity index (χ4n) is 3.65. The third-order valence-electron chi connectivity index (χ3n) is 5.55. The molecule has 0 aliphatic carbocycles. The normalized spacial score (nSPS) is 24.6. The van der Waals surface area contributed by atoms with Crippen molar-refractivity contribution < 1.29 is 41.8 Å². The van der Waals surface area contributed by atoms with Crippen LogP contribution in [0.25, 0.3) is 0 Å². The van der Waals surface area contributed by atoms with Crippen LogP contribution in [0.2, 0.25) is 0 Å². The molecule has 3 rings (SSSR count). The lowest BCUT2D eigenvalue weighted by molar-refractivity contribution is -0.139. The lowest BCUT2D eigenvalue weighted by Crippen LogP contribution is -2.42. The highest BCUT2D eigenvalue weighted by atomic mass is 35.5. The van der Waals surface area contributed by atoms with Gasteiger partial charge in [0.2, 0.25) is 5.82 Å². The molecule has 1 fully saturated rings. The Kier molecular flexibility index (Phi) is 10.1. The molecule has 1 aliphatic rings. The first-order chi connectivity index (χ1) is 18.7. The molecule has 2 N–H and O–H groups in total. The predicted octanol–water partition coefficient (Wildman–Crippen LogP) is 3.41. The number of benzene rings is 1. The van der Waals surface area contributed by atoms with Gasteiger partial charge >= 0.3 is 19.4 Å². The largest absolute Gasteiger partial charge is 0.508 e. The second kappa shape index (κ2) is 12.7. The smallest absolute Gasteiger partial charge is 0.458 e.